The van der Waals surface area contributed by atoms with Gasteiger partial charge < -0.3 is 5.11 Å². The molecule has 2 heterocycles. The number of carboxylic acids is 1. The average molecular weight is 270 g/mol. The summed E-state index contributed by atoms with van der Waals surface area (Å²) in [5.41, 5.74) is -0.993. The number of rotatable bonds is 1. The van der Waals surface area contributed by atoms with Gasteiger partial charge in [-0.3, -0.25) is 9.20 Å². The number of nitrogens with zero attached hydrogens (tertiary/aromatic N) is 3. The molecule has 0 saturated carbocycles. The average Bonchev–Trinajstić information content (AvgIpc) is 2.19. The molecule has 0 spiro atoms. The quantitative estimate of drug-likeness (QED) is 0.817. The van der Waals surface area contributed by atoms with E-state index < -0.39 is 17.2 Å². The summed E-state index contributed by atoms with van der Waals surface area (Å²) in [5.74, 6) is -1.39. The molecule has 0 amide bonds. The van der Waals surface area contributed by atoms with Gasteiger partial charge in [0, 0.05) is 10.7 Å². The van der Waals surface area contributed by atoms with Crippen LogP contribution >= 0.6 is 15.9 Å². The Kier molecular flexibility index (Phi) is 2.24. The highest BCUT2D eigenvalue weighted by Gasteiger charge is 2.13. The number of aromatic nitrogens is 3. The van der Waals surface area contributed by atoms with Crippen molar-refractivity contribution in [3.63, 3.8) is 0 Å². The third-order valence-corrected chi connectivity index (χ3v) is 2.24. The number of halogens is 1. The highest BCUT2D eigenvalue weighted by Crippen LogP contribution is 2.08. The maximum absolute atomic E-state index is 11.6. The minimum absolute atomic E-state index is 0.299. The molecular weight excluding hydrogens is 266 g/mol. The first kappa shape index (κ1) is 9.78. The molecule has 0 aliphatic heterocycles. The third-order valence-electron chi connectivity index (χ3n) is 1.77. The predicted octanol–water partition coefficient (Wildman–Crippen LogP) is 0.550. The molecule has 0 aliphatic rings. The summed E-state index contributed by atoms with van der Waals surface area (Å²) in [7, 11) is 0. The van der Waals surface area contributed by atoms with E-state index in [2.05, 4.69) is 26.1 Å². The molecule has 1 N–H and O–H groups in total. The van der Waals surface area contributed by atoms with Gasteiger partial charge in [0.1, 0.15) is 0 Å². The minimum atomic E-state index is -1.39. The molecule has 0 bridgehead atoms. The second kappa shape index (κ2) is 3.43. The van der Waals surface area contributed by atoms with Gasteiger partial charge in [-0.05, 0) is 28.1 Å². The second-order valence-electron chi connectivity index (χ2n) is 2.73. The van der Waals surface area contributed by atoms with Crippen LogP contribution in [0.3, 0.4) is 0 Å². The van der Waals surface area contributed by atoms with Crippen molar-refractivity contribution in [1.82, 2.24) is 14.6 Å². The summed E-state index contributed by atoms with van der Waals surface area (Å²) in [6.07, 6.45) is 1.44. The lowest BCUT2D eigenvalue weighted by atomic mass is 10.4. The lowest BCUT2D eigenvalue weighted by Gasteiger charge is -1.99. The Bertz CT molecular complexity index is 608. The normalized spacial score (nSPS) is 10.5. The van der Waals surface area contributed by atoms with Crippen LogP contribution < -0.4 is 5.56 Å². The van der Waals surface area contributed by atoms with Crippen LogP contribution in [0.1, 0.15) is 10.5 Å². The first-order valence-corrected chi connectivity index (χ1v) is 4.67. The standard InChI is InChI=1S/C8H4BrN3O3/c9-4-1-2-5-10-11-6(8(14)15)7(13)12(5)3-4/h1-3H,(H,14,15). The molecule has 76 valence electrons. The van der Waals surface area contributed by atoms with Crippen LogP contribution in [0.4, 0.5) is 0 Å². The fourth-order valence-electron chi connectivity index (χ4n) is 1.10. The summed E-state index contributed by atoms with van der Waals surface area (Å²) in [6, 6.07) is 3.24. The van der Waals surface area contributed by atoms with E-state index in [-0.39, 0.29) is 0 Å². The van der Waals surface area contributed by atoms with Crippen LogP contribution in [-0.4, -0.2) is 25.7 Å². The zero-order chi connectivity index (χ0) is 11.0. The summed E-state index contributed by atoms with van der Waals surface area (Å²) in [4.78, 5) is 22.2. The van der Waals surface area contributed by atoms with Crippen molar-refractivity contribution in [1.29, 1.82) is 0 Å². The Hall–Kier alpha value is -1.76. The van der Waals surface area contributed by atoms with E-state index in [1.807, 2.05) is 0 Å². The molecule has 0 saturated heterocycles. The molecular formula is C8H4BrN3O3. The van der Waals surface area contributed by atoms with Crippen LogP contribution in [0.5, 0.6) is 0 Å². The Morgan fingerprint density at radius 1 is 1.40 bits per heavy atom. The summed E-state index contributed by atoms with van der Waals surface area (Å²) < 4.78 is 1.78. The minimum Gasteiger partial charge on any atom is -0.476 e. The molecule has 2 aromatic rings. The fraction of sp³-hybridized carbons (Fsp3) is 0. The van der Waals surface area contributed by atoms with Crippen molar-refractivity contribution in [3.8, 4) is 0 Å². The van der Waals surface area contributed by atoms with Crippen molar-refractivity contribution < 1.29 is 9.90 Å². The monoisotopic (exact) mass is 269 g/mol. The van der Waals surface area contributed by atoms with Gasteiger partial charge in [-0.1, -0.05) is 0 Å². The highest BCUT2D eigenvalue weighted by molar-refractivity contribution is 9.10. The highest BCUT2D eigenvalue weighted by atomic mass is 79.9. The third kappa shape index (κ3) is 1.61. The van der Waals surface area contributed by atoms with Gasteiger partial charge >= 0.3 is 5.97 Å². The number of carboxylic acid groups (broad SMARTS) is 1. The van der Waals surface area contributed by atoms with Gasteiger partial charge in [0.25, 0.3) is 5.56 Å². The van der Waals surface area contributed by atoms with E-state index >= 15 is 0 Å². The lowest BCUT2D eigenvalue weighted by Crippen LogP contribution is -2.25. The first-order valence-electron chi connectivity index (χ1n) is 3.87. The van der Waals surface area contributed by atoms with Crippen molar-refractivity contribution in [3.05, 3.63) is 38.9 Å². The van der Waals surface area contributed by atoms with E-state index in [0.29, 0.717) is 10.1 Å². The first-order chi connectivity index (χ1) is 7.09. The number of carbonyl (C=O) groups is 1. The molecule has 2 rings (SSSR count). The van der Waals surface area contributed by atoms with Crippen LogP contribution in [0.25, 0.3) is 5.65 Å². The van der Waals surface area contributed by atoms with Gasteiger partial charge in [-0.2, -0.15) is 0 Å². The molecule has 6 nitrogen and oxygen atoms in total. The molecule has 0 atom stereocenters. The van der Waals surface area contributed by atoms with Gasteiger partial charge in [-0.25, -0.2) is 4.79 Å². The van der Waals surface area contributed by atoms with Crippen LogP contribution in [-0.2, 0) is 0 Å². The van der Waals surface area contributed by atoms with Gasteiger partial charge in [0.2, 0.25) is 5.69 Å². The number of hydrogen-bond donors (Lipinski definition) is 1. The van der Waals surface area contributed by atoms with E-state index in [1.54, 1.807) is 12.1 Å². The van der Waals surface area contributed by atoms with Crippen LogP contribution in [0.2, 0.25) is 0 Å². The Morgan fingerprint density at radius 3 is 2.80 bits per heavy atom. The van der Waals surface area contributed by atoms with E-state index in [4.69, 9.17) is 5.11 Å². The topological polar surface area (TPSA) is 84.6 Å². The van der Waals surface area contributed by atoms with E-state index in [1.165, 1.54) is 6.20 Å². The smallest absolute Gasteiger partial charge is 0.362 e. The van der Waals surface area contributed by atoms with E-state index in [0.717, 1.165) is 4.40 Å². The van der Waals surface area contributed by atoms with Crippen molar-refractivity contribution >= 4 is 27.5 Å². The van der Waals surface area contributed by atoms with E-state index in [9.17, 15) is 9.59 Å². The SMILES string of the molecule is O=C(O)c1nnc2ccc(Br)cn2c1=O. The fourth-order valence-corrected chi connectivity index (χ4v) is 1.44. The molecule has 0 fully saturated rings. The summed E-state index contributed by atoms with van der Waals surface area (Å²) >= 11 is 3.17. The molecule has 2 aromatic heterocycles. The molecule has 0 aliphatic carbocycles. The number of pyridine rings is 1. The molecule has 0 radical (unpaired) electrons. The van der Waals surface area contributed by atoms with Crippen molar-refractivity contribution in [2.24, 2.45) is 0 Å². The number of fused-ring (bicyclic) bond motifs is 1. The summed E-state index contributed by atoms with van der Waals surface area (Å²) in [6.45, 7) is 0. The van der Waals surface area contributed by atoms with Crippen LogP contribution in [0, 0.1) is 0 Å². The molecule has 0 unspecified atom stereocenters. The zero-order valence-corrected chi connectivity index (χ0v) is 8.80. The van der Waals surface area contributed by atoms with Crippen LogP contribution in [0.15, 0.2) is 27.6 Å². The van der Waals surface area contributed by atoms with Gasteiger partial charge in [0.15, 0.2) is 5.65 Å². The molecule has 0 aromatic carbocycles. The van der Waals surface area contributed by atoms with Gasteiger partial charge in [0.05, 0.1) is 0 Å². The zero-order valence-electron chi connectivity index (χ0n) is 7.22. The maximum atomic E-state index is 11.6. The maximum Gasteiger partial charge on any atom is 0.362 e. The van der Waals surface area contributed by atoms with Gasteiger partial charge in [-0.15, -0.1) is 10.2 Å². The predicted molar refractivity (Wildman–Crippen MR) is 53.9 cm³/mol. The molecule has 15 heavy (non-hydrogen) atoms. The Balaban J connectivity index is 2.89. The Morgan fingerprint density at radius 2 is 2.13 bits per heavy atom. The largest absolute Gasteiger partial charge is 0.476 e. The molecule has 7 heteroatoms. The Labute approximate surface area is 91.3 Å². The lowest BCUT2D eigenvalue weighted by molar-refractivity contribution is 0.0687. The van der Waals surface area contributed by atoms with Crippen molar-refractivity contribution in [2.75, 3.05) is 0 Å². The number of hydrogen-bond acceptors (Lipinski definition) is 4. The second-order valence-corrected chi connectivity index (χ2v) is 3.65. The summed E-state index contributed by atoms with van der Waals surface area (Å²) in [5, 5.41) is 15.6. The number of aromatic carboxylic acids is 1. The van der Waals surface area contributed by atoms with Crippen molar-refractivity contribution in [2.45, 2.75) is 0 Å².